The van der Waals surface area contributed by atoms with Crippen molar-refractivity contribution in [3.05, 3.63) is 18.2 Å². The molecule has 0 saturated carbocycles. The summed E-state index contributed by atoms with van der Waals surface area (Å²) in [6.07, 6.45) is -4.36. The van der Waals surface area contributed by atoms with Gasteiger partial charge in [-0.25, -0.2) is 0 Å². The molecule has 3 nitrogen and oxygen atoms in total. The number of alkyl halides is 3. The zero-order valence-corrected chi connectivity index (χ0v) is 8.04. The van der Waals surface area contributed by atoms with Gasteiger partial charge in [-0.1, -0.05) is 6.07 Å². The van der Waals surface area contributed by atoms with Crippen LogP contribution < -0.4 is 9.47 Å². The summed E-state index contributed by atoms with van der Waals surface area (Å²) in [5, 5.41) is 0. The summed E-state index contributed by atoms with van der Waals surface area (Å²) < 4.78 is 44.9. The van der Waals surface area contributed by atoms with Gasteiger partial charge in [0.2, 0.25) is 11.8 Å². The van der Waals surface area contributed by atoms with E-state index in [4.69, 9.17) is 4.74 Å². The van der Waals surface area contributed by atoms with Gasteiger partial charge >= 0.3 is 6.18 Å². The van der Waals surface area contributed by atoms with E-state index < -0.39 is 12.8 Å². The van der Waals surface area contributed by atoms with Crippen molar-refractivity contribution in [3.8, 4) is 11.8 Å². The normalized spacial score (nSPS) is 11.2. The van der Waals surface area contributed by atoms with E-state index in [9.17, 15) is 13.2 Å². The highest BCUT2D eigenvalue weighted by molar-refractivity contribution is 5.19. The maximum atomic E-state index is 11.8. The first-order valence-corrected chi connectivity index (χ1v) is 4.30. The molecule has 0 aromatic carbocycles. The Balaban J connectivity index is 2.57. The lowest BCUT2D eigenvalue weighted by Gasteiger charge is -2.09. The van der Waals surface area contributed by atoms with E-state index >= 15 is 0 Å². The highest BCUT2D eigenvalue weighted by Gasteiger charge is 2.28. The van der Waals surface area contributed by atoms with Crippen LogP contribution in [0.25, 0.3) is 0 Å². The molecule has 1 aromatic heterocycles. The average Bonchev–Trinajstić information content (AvgIpc) is 2.15. The fourth-order valence-corrected chi connectivity index (χ4v) is 0.860. The Hall–Kier alpha value is -1.46. The summed E-state index contributed by atoms with van der Waals surface area (Å²) in [6, 6.07) is 4.40. The Morgan fingerprint density at radius 2 is 1.80 bits per heavy atom. The van der Waals surface area contributed by atoms with Gasteiger partial charge in [0, 0.05) is 12.1 Å². The fourth-order valence-electron chi connectivity index (χ4n) is 0.860. The van der Waals surface area contributed by atoms with Crippen LogP contribution in [0.2, 0.25) is 0 Å². The van der Waals surface area contributed by atoms with Crippen LogP contribution in [-0.2, 0) is 0 Å². The van der Waals surface area contributed by atoms with Gasteiger partial charge in [0.05, 0.1) is 6.61 Å². The van der Waals surface area contributed by atoms with Crippen molar-refractivity contribution in [1.82, 2.24) is 4.98 Å². The molecule has 0 unspecified atom stereocenters. The topological polar surface area (TPSA) is 31.4 Å². The first kappa shape index (κ1) is 11.6. The number of halogens is 3. The fraction of sp³-hybridized carbons (Fsp3) is 0.444. The minimum Gasteiger partial charge on any atom is -0.478 e. The predicted octanol–water partition coefficient (Wildman–Crippen LogP) is 2.42. The van der Waals surface area contributed by atoms with Gasteiger partial charge in [-0.05, 0) is 6.92 Å². The highest BCUT2D eigenvalue weighted by atomic mass is 19.4. The molecule has 0 aliphatic carbocycles. The molecule has 0 saturated heterocycles. The van der Waals surface area contributed by atoms with Crippen molar-refractivity contribution in [3.63, 3.8) is 0 Å². The first-order chi connectivity index (χ1) is 7.01. The predicted molar refractivity (Wildman–Crippen MR) is 47.0 cm³/mol. The maximum Gasteiger partial charge on any atom is 0.422 e. The molecule has 15 heavy (non-hydrogen) atoms. The Bertz CT molecular complexity index is 314. The molecule has 1 rings (SSSR count). The van der Waals surface area contributed by atoms with Gasteiger partial charge in [0.25, 0.3) is 0 Å². The molecule has 1 aromatic rings. The van der Waals surface area contributed by atoms with Crippen LogP contribution in [0.4, 0.5) is 13.2 Å². The lowest BCUT2D eigenvalue weighted by molar-refractivity contribution is -0.154. The van der Waals surface area contributed by atoms with E-state index in [2.05, 4.69) is 9.72 Å². The largest absolute Gasteiger partial charge is 0.478 e. The summed E-state index contributed by atoms with van der Waals surface area (Å²) in [4.78, 5) is 3.72. The van der Waals surface area contributed by atoms with E-state index in [1.807, 2.05) is 0 Å². The quantitative estimate of drug-likeness (QED) is 0.782. The number of ether oxygens (including phenoxy) is 2. The molecule has 1 heterocycles. The number of pyridine rings is 1. The van der Waals surface area contributed by atoms with Crippen LogP contribution in [0.3, 0.4) is 0 Å². The third-order valence-corrected chi connectivity index (χ3v) is 1.37. The minimum atomic E-state index is -4.36. The second-order valence-corrected chi connectivity index (χ2v) is 2.65. The smallest absolute Gasteiger partial charge is 0.422 e. The van der Waals surface area contributed by atoms with Crippen molar-refractivity contribution in [2.24, 2.45) is 0 Å². The molecular weight excluding hydrogens is 211 g/mol. The van der Waals surface area contributed by atoms with Crippen LogP contribution in [0, 0.1) is 0 Å². The van der Waals surface area contributed by atoms with E-state index in [1.165, 1.54) is 12.1 Å². The maximum absolute atomic E-state index is 11.8. The van der Waals surface area contributed by atoms with Crippen LogP contribution in [0.1, 0.15) is 6.92 Å². The molecule has 0 fully saturated rings. The van der Waals surface area contributed by atoms with Gasteiger partial charge in [0.1, 0.15) is 0 Å². The molecule has 0 bridgehead atoms. The van der Waals surface area contributed by atoms with Crippen molar-refractivity contribution >= 4 is 0 Å². The number of nitrogens with zero attached hydrogens (tertiary/aromatic N) is 1. The second kappa shape index (κ2) is 4.86. The van der Waals surface area contributed by atoms with E-state index in [0.717, 1.165) is 0 Å². The first-order valence-electron chi connectivity index (χ1n) is 4.30. The van der Waals surface area contributed by atoms with Gasteiger partial charge in [-0.3, -0.25) is 0 Å². The van der Waals surface area contributed by atoms with Crippen LogP contribution in [0.15, 0.2) is 18.2 Å². The van der Waals surface area contributed by atoms with E-state index in [-0.39, 0.29) is 11.8 Å². The van der Waals surface area contributed by atoms with Crippen molar-refractivity contribution in [2.45, 2.75) is 13.1 Å². The van der Waals surface area contributed by atoms with Crippen molar-refractivity contribution < 1.29 is 22.6 Å². The van der Waals surface area contributed by atoms with Gasteiger partial charge in [0.15, 0.2) is 6.61 Å². The zero-order chi connectivity index (χ0) is 11.3. The summed E-state index contributed by atoms with van der Waals surface area (Å²) in [6.45, 7) is 0.802. The standard InChI is InChI=1S/C9H10F3NO2/c1-2-14-7-4-3-5-8(13-7)15-6-9(10,11)12/h3-5H,2,6H2,1H3. The lowest BCUT2D eigenvalue weighted by Crippen LogP contribution is -2.19. The Morgan fingerprint density at radius 3 is 2.33 bits per heavy atom. The summed E-state index contributed by atoms with van der Waals surface area (Å²) in [7, 11) is 0. The number of hydrogen-bond donors (Lipinski definition) is 0. The van der Waals surface area contributed by atoms with Gasteiger partial charge < -0.3 is 9.47 Å². The van der Waals surface area contributed by atoms with Gasteiger partial charge in [-0.2, -0.15) is 18.2 Å². The third-order valence-electron chi connectivity index (χ3n) is 1.37. The molecule has 0 atom stereocenters. The molecule has 0 radical (unpaired) electrons. The summed E-state index contributed by atoms with van der Waals surface area (Å²) in [5.41, 5.74) is 0. The molecule has 0 amide bonds. The Labute approximate surface area is 84.8 Å². The highest BCUT2D eigenvalue weighted by Crippen LogP contribution is 2.18. The molecule has 84 valence electrons. The SMILES string of the molecule is CCOc1cccc(OCC(F)(F)F)n1. The molecule has 0 aliphatic heterocycles. The number of hydrogen-bond acceptors (Lipinski definition) is 3. The zero-order valence-electron chi connectivity index (χ0n) is 8.04. The second-order valence-electron chi connectivity index (χ2n) is 2.65. The number of rotatable bonds is 4. The van der Waals surface area contributed by atoms with E-state index in [1.54, 1.807) is 13.0 Å². The van der Waals surface area contributed by atoms with Gasteiger partial charge in [-0.15, -0.1) is 0 Å². The van der Waals surface area contributed by atoms with Crippen molar-refractivity contribution in [1.29, 1.82) is 0 Å². The molecule has 6 heteroatoms. The number of aromatic nitrogens is 1. The molecule has 0 aliphatic rings. The van der Waals surface area contributed by atoms with Crippen LogP contribution in [-0.4, -0.2) is 24.4 Å². The van der Waals surface area contributed by atoms with Crippen molar-refractivity contribution in [2.75, 3.05) is 13.2 Å². The monoisotopic (exact) mass is 221 g/mol. The third kappa shape index (κ3) is 4.53. The summed E-state index contributed by atoms with van der Waals surface area (Å²) >= 11 is 0. The van der Waals surface area contributed by atoms with Crippen LogP contribution >= 0.6 is 0 Å². The summed E-state index contributed by atoms with van der Waals surface area (Å²) in [5.74, 6) is 0.149. The lowest BCUT2D eigenvalue weighted by atomic mass is 10.5. The molecule has 0 N–H and O–H groups in total. The molecule has 0 spiro atoms. The Kier molecular flexibility index (Phi) is 3.76. The molecular formula is C9H10F3NO2. The van der Waals surface area contributed by atoms with Crippen LogP contribution in [0.5, 0.6) is 11.8 Å². The van der Waals surface area contributed by atoms with E-state index in [0.29, 0.717) is 6.61 Å². The average molecular weight is 221 g/mol. The Morgan fingerprint density at radius 1 is 1.20 bits per heavy atom. The minimum absolute atomic E-state index is 0.0988.